The summed E-state index contributed by atoms with van der Waals surface area (Å²) in [6.45, 7) is 4.58. The Hall–Kier alpha value is -1.30. The highest BCUT2D eigenvalue weighted by Gasteiger charge is 2.63. The van der Waals surface area contributed by atoms with Crippen LogP contribution in [0.4, 0.5) is 4.79 Å². The van der Waals surface area contributed by atoms with Crippen molar-refractivity contribution in [1.29, 1.82) is 0 Å². The molecule has 0 aromatic carbocycles. The van der Waals surface area contributed by atoms with Gasteiger partial charge in [-0.1, -0.05) is 19.8 Å². The Labute approximate surface area is 186 Å². The summed E-state index contributed by atoms with van der Waals surface area (Å²) in [5.41, 5.74) is -0.0188. The van der Waals surface area contributed by atoms with Gasteiger partial charge < -0.3 is 20.3 Å². The maximum atomic E-state index is 12.4. The van der Waals surface area contributed by atoms with Gasteiger partial charge in [-0.2, -0.15) is 0 Å². The number of hydrogen-bond donors (Lipinski definition) is 3. The van der Waals surface area contributed by atoms with Crippen molar-refractivity contribution in [2.75, 3.05) is 13.2 Å². The Morgan fingerprint density at radius 2 is 1.87 bits per heavy atom. The first-order valence-corrected chi connectivity index (χ1v) is 12.6. The number of fused-ring (bicyclic) bond motifs is 5. The lowest BCUT2D eigenvalue weighted by Gasteiger charge is -2.60. The number of aliphatic carboxylic acids is 1. The van der Waals surface area contributed by atoms with Crippen molar-refractivity contribution >= 4 is 12.1 Å². The maximum absolute atomic E-state index is 12.4. The molecule has 4 rings (SSSR count). The van der Waals surface area contributed by atoms with Gasteiger partial charge in [-0.05, 0) is 93.8 Å². The number of carbonyl (C=O) groups is 2. The van der Waals surface area contributed by atoms with Crippen LogP contribution in [0.25, 0.3) is 0 Å². The number of aliphatic hydroxyl groups excluding tert-OH is 1. The number of ether oxygens (including phenoxy) is 1. The van der Waals surface area contributed by atoms with Crippen molar-refractivity contribution in [3.05, 3.63) is 0 Å². The Kier molecular flexibility index (Phi) is 6.58. The minimum Gasteiger partial charge on any atom is -0.481 e. The second-order valence-corrected chi connectivity index (χ2v) is 11.3. The third-order valence-corrected chi connectivity index (χ3v) is 10.00. The number of alkyl carbamates (subject to hydrolysis) is 1. The average Bonchev–Trinajstić information content (AvgIpc) is 3.12. The largest absolute Gasteiger partial charge is 0.481 e. The van der Waals surface area contributed by atoms with E-state index in [9.17, 15) is 14.7 Å². The Bertz CT molecular complexity index is 683. The monoisotopic (exact) mass is 435 g/mol. The summed E-state index contributed by atoms with van der Waals surface area (Å²) in [5.74, 6) is 1.29. The number of rotatable bonds is 6. The van der Waals surface area contributed by atoms with E-state index in [1.807, 2.05) is 6.92 Å². The molecule has 4 saturated carbocycles. The molecule has 0 aliphatic heterocycles. The topological polar surface area (TPSA) is 95.9 Å². The van der Waals surface area contributed by atoms with E-state index in [1.165, 1.54) is 38.5 Å². The van der Waals surface area contributed by atoms with Crippen LogP contribution in [0.1, 0.15) is 84.5 Å². The zero-order valence-electron chi connectivity index (χ0n) is 19.3. The third-order valence-electron chi connectivity index (χ3n) is 10.00. The first-order chi connectivity index (χ1) is 14.8. The third kappa shape index (κ3) is 3.98. The molecule has 0 aromatic heterocycles. The van der Waals surface area contributed by atoms with Gasteiger partial charge in [-0.25, -0.2) is 4.79 Å². The lowest BCUT2D eigenvalue weighted by molar-refractivity contribution is -0.159. The number of hydrogen-bond acceptors (Lipinski definition) is 4. The molecule has 0 radical (unpaired) electrons. The van der Waals surface area contributed by atoms with Crippen LogP contribution in [0.5, 0.6) is 0 Å². The number of nitrogens with one attached hydrogen (secondary N) is 1. The Balaban J connectivity index is 1.52. The summed E-state index contributed by atoms with van der Waals surface area (Å²) in [4.78, 5) is 24.6. The highest BCUT2D eigenvalue weighted by molar-refractivity contribution is 5.72. The molecule has 6 heteroatoms. The molecule has 3 N–H and O–H groups in total. The molecule has 176 valence electrons. The average molecular weight is 436 g/mol. The molecule has 4 fully saturated rings. The molecular weight excluding hydrogens is 394 g/mol. The number of amides is 1. The molecule has 1 amide bonds. The minimum absolute atomic E-state index is 0.0113. The molecular formula is C25H41NO5. The summed E-state index contributed by atoms with van der Waals surface area (Å²) in [6.07, 6.45) is 11.4. The van der Waals surface area contributed by atoms with Crippen LogP contribution < -0.4 is 5.32 Å². The highest BCUT2D eigenvalue weighted by Crippen LogP contribution is 2.67. The van der Waals surface area contributed by atoms with E-state index in [0.29, 0.717) is 36.0 Å². The molecule has 3 unspecified atom stereocenters. The summed E-state index contributed by atoms with van der Waals surface area (Å²) < 4.78 is 5.70. The molecule has 0 aromatic rings. The van der Waals surface area contributed by atoms with Crippen LogP contribution in [0.2, 0.25) is 0 Å². The molecule has 31 heavy (non-hydrogen) atoms. The van der Waals surface area contributed by atoms with Gasteiger partial charge in [0.2, 0.25) is 0 Å². The minimum atomic E-state index is -0.726. The zero-order chi connectivity index (χ0) is 22.2. The fraction of sp³-hybridized carbons (Fsp3) is 0.920. The van der Waals surface area contributed by atoms with Crippen molar-refractivity contribution < 1.29 is 24.5 Å². The fourth-order valence-corrected chi connectivity index (χ4v) is 8.46. The van der Waals surface area contributed by atoms with Crippen molar-refractivity contribution in [2.45, 2.75) is 90.5 Å². The van der Waals surface area contributed by atoms with E-state index >= 15 is 0 Å². The van der Waals surface area contributed by atoms with E-state index in [2.05, 4.69) is 12.2 Å². The number of aliphatic hydroxyl groups is 1. The number of carboxylic acid groups (broad SMARTS) is 1. The molecule has 0 heterocycles. The van der Waals surface area contributed by atoms with Gasteiger partial charge in [0, 0.05) is 18.1 Å². The van der Waals surface area contributed by atoms with Crippen LogP contribution >= 0.6 is 0 Å². The molecule has 4 aliphatic rings. The second kappa shape index (κ2) is 8.92. The Morgan fingerprint density at radius 1 is 1.06 bits per heavy atom. The van der Waals surface area contributed by atoms with Gasteiger partial charge in [0.25, 0.3) is 0 Å². The lowest BCUT2D eigenvalue weighted by atomic mass is 9.44. The summed E-state index contributed by atoms with van der Waals surface area (Å²) in [5, 5.41) is 21.9. The quantitative estimate of drug-likeness (QED) is 0.567. The maximum Gasteiger partial charge on any atom is 0.407 e. The molecule has 0 spiro atoms. The van der Waals surface area contributed by atoms with Crippen molar-refractivity contribution in [3.63, 3.8) is 0 Å². The van der Waals surface area contributed by atoms with Crippen LogP contribution in [0, 0.1) is 40.4 Å². The Morgan fingerprint density at radius 3 is 2.61 bits per heavy atom. The smallest absolute Gasteiger partial charge is 0.407 e. The highest BCUT2D eigenvalue weighted by atomic mass is 16.5. The van der Waals surface area contributed by atoms with Gasteiger partial charge >= 0.3 is 12.1 Å². The zero-order valence-corrected chi connectivity index (χ0v) is 19.3. The standard InChI is InChI=1S/C25H41NO5/c1-16(11-14-27)26-23(30)31-15-25-13-10-19-18(20(25)8-9-21(25)22(28)29)7-6-17-5-3-4-12-24(17,19)2/h16-21,27H,3-15H2,1-2H3,(H,26,30)(H,28,29)/t16?,17?,18-,19+,20+,21?,24+,25-/m1/s1. The number of carbonyl (C=O) groups excluding carboxylic acids is 1. The molecule has 0 bridgehead atoms. The van der Waals surface area contributed by atoms with E-state index in [0.717, 1.165) is 25.2 Å². The normalized spacial score (nSPS) is 42.6. The molecule has 6 nitrogen and oxygen atoms in total. The summed E-state index contributed by atoms with van der Waals surface area (Å²) in [6, 6.07) is -0.165. The van der Waals surface area contributed by atoms with E-state index in [1.54, 1.807) is 0 Å². The predicted octanol–water partition coefficient (Wildman–Crippen LogP) is 4.60. The fourth-order valence-electron chi connectivity index (χ4n) is 8.46. The van der Waals surface area contributed by atoms with Crippen molar-refractivity contribution in [3.8, 4) is 0 Å². The van der Waals surface area contributed by atoms with Crippen LogP contribution in [-0.2, 0) is 9.53 Å². The second-order valence-electron chi connectivity index (χ2n) is 11.3. The summed E-state index contributed by atoms with van der Waals surface area (Å²) in [7, 11) is 0. The predicted molar refractivity (Wildman–Crippen MR) is 117 cm³/mol. The SMILES string of the molecule is CC(CCO)NC(=O)OC[C@]12CC[C@H]3[C@@H](CCC4CCCC[C@@]43C)[C@@H]1CCC2C(=O)O. The van der Waals surface area contributed by atoms with E-state index in [-0.39, 0.29) is 19.3 Å². The van der Waals surface area contributed by atoms with Crippen LogP contribution in [0.15, 0.2) is 0 Å². The molecule has 8 atom stereocenters. The van der Waals surface area contributed by atoms with Crippen molar-refractivity contribution in [1.82, 2.24) is 5.32 Å². The molecule has 4 aliphatic carbocycles. The van der Waals surface area contributed by atoms with Gasteiger partial charge in [-0.15, -0.1) is 0 Å². The van der Waals surface area contributed by atoms with Crippen LogP contribution in [0.3, 0.4) is 0 Å². The number of carboxylic acids is 1. The first-order valence-electron chi connectivity index (χ1n) is 12.6. The van der Waals surface area contributed by atoms with Crippen LogP contribution in [-0.4, -0.2) is 41.5 Å². The van der Waals surface area contributed by atoms with E-state index in [4.69, 9.17) is 9.84 Å². The van der Waals surface area contributed by atoms with E-state index < -0.39 is 23.4 Å². The van der Waals surface area contributed by atoms with Gasteiger partial charge in [0.1, 0.15) is 0 Å². The van der Waals surface area contributed by atoms with Crippen molar-refractivity contribution in [2.24, 2.45) is 40.4 Å². The van der Waals surface area contributed by atoms with Gasteiger partial charge in [-0.3, -0.25) is 4.79 Å². The first kappa shape index (κ1) is 22.9. The summed E-state index contributed by atoms with van der Waals surface area (Å²) >= 11 is 0. The van der Waals surface area contributed by atoms with Gasteiger partial charge in [0.05, 0.1) is 12.5 Å². The van der Waals surface area contributed by atoms with Gasteiger partial charge in [0.15, 0.2) is 0 Å². The lowest BCUT2D eigenvalue weighted by Crippen LogP contribution is -2.55. The molecule has 0 saturated heterocycles.